The molecule has 12 heavy (non-hydrogen) atoms. The number of hydrogen-bond donors (Lipinski definition) is 0. The van der Waals surface area contributed by atoms with Crippen LogP contribution < -0.4 is 0 Å². The lowest BCUT2D eigenvalue weighted by molar-refractivity contribution is 0.155. The van der Waals surface area contributed by atoms with Crippen molar-refractivity contribution in [3.63, 3.8) is 0 Å². The minimum absolute atomic E-state index is 0.740. The van der Waals surface area contributed by atoms with Crippen molar-refractivity contribution in [2.45, 2.75) is 64.2 Å². The lowest BCUT2D eigenvalue weighted by Gasteiger charge is -2.42. The Labute approximate surface area is 76.7 Å². The maximum Gasteiger partial charge on any atom is -0.0266 e. The predicted octanol–water partition coefficient (Wildman–Crippen LogP) is 4.11. The van der Waals surface area contributed by atoms with Crippen LogP contribution in [0.15, 0.2) is 0 Å². The average molecular weight is 165 g/mol. The van der Waals surface area contributed by atoms with Crippen LogP contribution in [0, 0.1) is 11.8 Å². The molecule has 0 saturated heterocycles. The van der Waals surface area contributed by atoms with Crippen LogP contribution in [-0.4, -0.2) is 0 Å². The van der Waals surface area contributed by atoms with E-state index in [4.69, 9.17) is 0 Å². The Morgan fingerprint density at radius 2 is 1.33 bits per heavy atom. The third-order valence-corrected chi connectivity index (χ3v) is 3.81. The van der Waals surface area contributed by atoms with Gasteiger partial charge in [-0.25, -0.2) is 0 Å². The fraction of sp³-hybridized carbons (Fsp3) is 0.917. The second-order valence-electron chi connectivity index (χ2n) is 4.73. The summed E-state index contributed by atoms with van der Waals surface area (Å²) in [4.78, 5) is 0. The van der Waals surface area contributed by atoms with Crippen molar-refractivity contribution in [3.05, 3.63) is 6.42 Å². The second kappa shape index (κ2) is 3.81. The zero-order chi connectivity index (χ0) is 8.28. The van der Waals surface area contributed by atoms with E-state index in [0.717, 1.165) is 5.41 Å². The van der Waals surface area contributed by atoms with Gasteiger partial charge < -0.3 is 0 Å². The van der Waals surface area contributed by atoms with E-state index < -0.39 is 0 Å². The van der Waals surface area contributed by atoms with Crippen molar-refractivity contribution in [1.82, 2.24) is 0 Å². The fourth-order valence-electron chi connectivity index (χ4n) is 2.75. The van der Waals surface area contributed by atoms with Gasteiger partial charge in [0.1, 0.15) is 0 Å². The molecule has 2 fully saturated rings. The number of rotatable bonds is 0. The highest BCUT2D eigenvalue weighted by Gasteiger charge is 2.35. The van der Waals surface area contributed by atoms with Gasteiger partial charge in [-0.1, -0.05) is 38.5 Å². The summed E-state index contributed by atoms with van der Waals surface area (Å²) in [6, 6.07) is 0. The van der Waals surface area contributed by atoms with Crippen molar-refractivity contribution < 1.29 is 0 Å². The van der Waals surface area contributed by atoms with E-state index >= 15 is 0 Å². The molecule has 1 spiro atoms. The van der Waals surface area contributed by atoms with Gasteiger partial charge >= 0.3 is 0 Å². The van der Waals surface area contributed by atoms with Crippen LogP contribution in [0.1, 0.15) is 64.2 Å². The Morgan fingerprint density at radius 1 is 0.667 bits per heavy atom. The van der Waals surface area contributed by atoms with E-state index in [1.54, 1.807) is 0 Å². The molecule has 0 heteroatoms. The SMILES string of the molecule is [CH]1CCCCCCCC12CCC2. The quantitative estimate of drug-likeness (QED) is 0.507. The van der Waals surface area contributed by atoms with Crippen molar-refractivity contribution in [2.24, 2.45) is 5.41 Å². The summed E-state index contributed by atoms with van der Waals surface area (Å²) in [5.74, 6) is 0. The van der Waals surface area contributed by atoms with Crippen LogP contribution in [0.5, 0.6) is 0 Å². The molecule has 0 aromatic heterocycles. The normalized spacial score (nSPS) is 30.0. The summed E-state index contributed by atoms with van der Waals surface area (Å²) in [7, 11) is 0. The maximum absolute atomic E-state index is 2.67. The molecule has 0 nitrogen and oxygen atoms in total. The topological polar surface area (TPSA) is 0 Å². The zero-order valence-electron chi connectivity index (χ0n) is 8.15. The van der Waals surface area contributed by atoms with Crippen LogP contribution >= 0.6 is 0 Å². The van der Waals surface area contributed by atoms with Gasteiger partial charge in [0.15, 0.2) is 0 Å². The molecule has 2 aliphatic rings. The first-order chi connectivity index (χ1) is 5.91. The standard InChI is InChI=1S/C12H21/c1-2-4-6-9-12(8-5-3-1)10-7-11-12/h8H,1-7,9-11H2. The summed E-state index contributed by atoms with van der Waals surface area (Å²) >= 11 is 0. The third-order valence-electron chi connectivity index (χ3n) is 3.81. The minimum Gasteiger partial charge on any atom is -0.0533 e. The molecule has 0 aliphatic heterocycles. The second-order valence-corrected chi connectivity index (χ2v) is 4.73. The van der Waals surface area contributed by atoms with Gasteiger partial charge in [-0.2, -0.15) is 0 Å². The van der Waals surface area contributed by atoms with E-state index in [-0.39, 0.29) is 0 Å². The molecule has 0 unspecified atom stereocenters. The molecule has 0 N–H and O–H groups in total. The zero-order valence-corrected chi connectivity index (χ0v) is 8.15. The Hall–Kier alpha value is 0. The molecular weight excluding hydrogens is 144 g/mol. The van der Waals surface area contributed by atoms with Crippen LogP contribution in [0.2, 0.25) is 0 Å². The molecule has 0 amide bonds. The van der Waals surface area contributed by atoms with E-state index in [1.807, 2.05) is 0 Å². The Bertz CT molecular complexity index is 121. The van der Waals surface area contributed by atoms with E-state index in [1.165, 1.54) is 64.2 Å². The van der Waals surface area contributed by atoms with Crippen molar-refractivity contribution in [2.75, 3.05) is 0 Å². The Balaban J connectivity index is 1.85. The lowest BCUT2D eigenvalue weighted by Crippen LogP contribution is -2.29. The first-order valence-electron chi connectivity index (χ1n) is 5.76. The Morgan fingerprint density at radius 3 is 2.08 bits per heavy atom. The highest BCUT2D eigenvalue weighted by molar-refractivity contribution is 4.98. The first kappa shape index (κ1) is 8.59. The molecule has 1 radical (unpaired) electrons. The van der Waals surface area contributed by atoms with Gasteiger partial charge in [-0.15, -0.1) is 0 Å². The summed E-state index contributed by atoms with van der Waals surface area (Å²) in [5.41, 5.74) is 0.740. The van der Waals surface area contributed by atoms with Gasteiger partial charge in [-0.05, 0) is 37.5 Å². The molecule has 0 aromatic carbocycles. The van der Waals surface area contributed by atoms with Crippen LogP contribution in [-0.2, 0) is 0 Å². The van der Waals surface area contributed by atoms with E-state index in [2.05, 4.69) is 6.42 Å². The molecular formula is C12H21. The molecule has 0 heterocycles. The van der Waals surface area contributed by atoms with Crippen molar-refractivity contribution >= 4 is 0 Å². The third kappa shape index (κ3) is 1.84. The average Bonchev–Trinajstić information content (AvgIpc) is 2.12. The minimum atomic E-state index is 0.740. The van der Waals surface area contributed by atoms with Gasteiger partial charge in [0, 0.05) is 0 Å². The molecule has 0 atom stereocenters. The predicted molar refractivity (Wildman–Crippen MR) is 52.9 cm³/mol. The summed E-state index contributed by atoms with van der Waals surface area (Å²) in [6.07, 6.45) is 17.5. The molecule has 69 valence electrons. The van der Waals surface area contributed by atoms with Gasteiger partial charge in [-0.3, -0.25) is 0 Å². The summed E-state index contributed by atoms with van der Waals surface area (Å²) < 4.78 is 0. The fourth-order valence-corrected chi connectivity index (χ4v) is 2.75. The molecule has 0 aromatic rings. The highest BCUT2D eigenvalue weighted by atomic mass is 14.4. The maximum atomic E-state index is 2.67. The van der Waals surface area contributed by atoms with Crippen molar-refractivity contribution in [3.8, 4) is 0 Å². The summed E-state index contributed by atoms with van der Waals surface area (Å²) in [5, 5.41) is 0. The van der Waals surface area contributed by atoms with Crippen LogP contribution in [0.25, 0.3) is 0 Å². The van der Waals surface area contributed by atoms with Crippen LogP contribution in [0.4, 0.5) is 0 Å². The van der Waals surface area contributed by atoms with Gasteiger partial charge in [0.25, 0.3) is 0 Å². The Kier molecular flexibility index (Phi) is 2.73. The van der Waals surface area contributed by atoms with E-state index in [0.29, 0.717) is 0 Å². The largest absolute Gasteiger partial charge is 0.0533 e. The highest BCUT2D eigenvalue weighted by Crippen LogP contribution is 2.48. The van der Waals surface area contributed by atoms with Gasteiger partial charge in [0.05, 0.1) is 0 Å². The van der Waals surface area contributed by atoms with Gasteiger partial charge in [0.2, 0.25) is 0 Å². The monoisotopic (exact) mass is 165 g/mol. The number of hydrogen-bond acceptors (Lipinski definition) is 0. The first-order valence-corrected chi connectivity index (χ1v) is 5.76. The van der Waals surface area contributed by atoms with Crippen molar-refractivity contribution in [1.29, 1.82) is 0 Å². The molecule has 2 rings (SSSR count). The smallest absolute Gasteiger partial charge is 0.0266 e. The van der Waals surface area contributed by atoms with Crippen LogP contribution in [0.3, 0.4) is 0 Å². The summed E-state index contributed by atoms with van der Waals surface area (Å²) in [6.45, 7) is 0. The molecule has 2 saturated carbocycles. The molecule has 2 aliphatic carbocycles. The molecule has 0 bridgehead atoms. The van der Waals surface area contributed by atoms with E-state index in [9.17, 15) is 0 Å². The lowest BCUT2D eigenvalue weighted by atomic mass is 9.63.